The largest absolute Gasteiger partial charge is 0.502 e. The van der Waals surface area contributed by atoms with E-state index >= 15 is 0 Å². The van der Waals surface area contributed by atoms with E-state index < -0.39 is 4.92 Å². The summed E-state index contributed by atoms with van der Waals surface area (Å²) in [7, 11) is 0. The van der Waals surface area contributed by atoms with Crippen molar-refractivity contribution >= 4 is 5.69 Å². The predicted octanol–water partition coefficient (Wildman–Crippen LogP) is 3.53. The van der Waals surface area contributed by atoms with Crippen LogP contribution in [0.25, 0.3) is 0 Å². The highest BCUT2D eigenvalue weighted by molar-refractivity contribution is 5.47. The van der Waals surface area contributed by atoms with E-state index in [-0.39, 0.29) is 11.4 Å². The van der Waals surface area contributed by atoms with E-state index in [0.29, 0.717) is 5.92 Å². The molecule has 0 saturated carbocycles. The van der Waals surface area contributed by atoms with Gasteiger partial charge in [0.15, 0.2) is 5.75 Å². The molecule has 1 N–H and O–H groups in total. The molecule has 1 aromatic carbocycles. The van der Waals surface area contributed by atoms with Gasteiger partial charge in [-0.15, -0.1) is 0 Å². The zero-order valence-corrected chi connectivity index (χ0v) is 10.2. The van der Waals surface area contributed by atoms with Crippen LogP contribution < -0.4 is 0 Å². The van der Waals surface area contributed by atoms with Gasteiger partial charge in [0.1, 0.15) is 0 Å². The highest BCUT2D eigenvalue weighted by Crippen LogP contribution is 2.27. The fourth-order valence-electron chi connectivity index (χ4n) is 1.31. The highest BCUT2D eigenvalue weighted by atomic mass is 16.6. The van der Waals surface area contributed by atoms with Crippen molar-refractivity contribution in [3.63, 3.8) is 0 Å². The smallest absolute Gasteiger partial charge is 0.310 e. The van der Waals surface area contributed by atoms with Crippen molar-refractivity contribution in [3.8, 4) is 5.75 Å². The molecule has 0 saturated heterocycles. The monoisotopic (exact) mass is 225 g/mol. The normalized spacial score (nSPS) is 9.56. The maximum absolute atomic E-state index is 10.5. The summed E-state index contributed by atoms with van der Waals surface area (Å²) in [5.41, 5.74) is 0.660. The number of hydrogen-bond acceptors (Lipinski definition) is 3. The van der Waals surface area contributed by atoms with E-state index in [1.54, 1.807) is 6.07 Å². The van der Waals surface area contributed by atoms with Gasteiger partial charge in [-0.1, -0.05) is 33.8 Å². The van der Waals surface area contributed by atoms with E-state index in [4.69, 9.17) is 0 Å². The number of phenolic OH excluding ortho intramolecular Hbond substituents is 1. The van der Waals surface area contributed by atoms with Gasteiger partial charge in [0.2, 0.25) is 0 Å². The zero-order valence-electron chi connectivity index (χ0n) is 10.2. The fourth-order valence-corrected chi connectivity index (χ4v) is 1.31. The minimum Gasteiger partial charge on any atom is -0.502 e. The van der Waals surface area contributed by atoms with E-state index in [1.165, 1.54) is 12.1 Å². The second-order valence-electron chi connectivity index (χ2n) is 3.68. The van der Waals surface area contributed by atoms with E-state index in [9.17, 15) is 15.2 Å². The molecule has 0 unspecified atom stereocenters. The van der Waals surface area contributed by atoms with Crippen LogP contribution in [0.4, 0.5) is 5.69 Å². The van der Waals surface area contributed by atoms with Gasteiger partial charge in [-0.25, -0.2) is 0 Å². The van der Waals surface area contributed by atoms with Crippen LogP contribution >= 0.6 is 0 Å². The first-order chi connectivity index (χ1) is 7.50. The standard InChI is InChI=1S/C10H13NO3.C2H6/c1-7(2)5-8-3-4-10(12)9(6-8)11(13)14;1-2/h3-4,6-7,12H,5H2,1-2H3;1-2H3. The van der Waals surface area contributed by atoms with Crippen LogP contribution in [0.3, 0.4) is 0 Å². The fraction of sp³-hybridized carbons (Fsp3) is 0.500. The zero-order chi connectivity index (χ0) is 12.7. The lowest BCUT2D eigenvalue weighted by molar-refractivity contribution is -0.385. The Bertz CT molecular complexity index is 348. The van der Waals surface area contributed by atoms with Crippen LogP contribution in [0.5, 0.6) is 5.75 Å². The van der Waals surface area contributed by atoms with Crippen LogP contribution in [-0.2, 0) is 6.42 Å². The molecule has 0 heterocycles. The first-order valence-electron chi connectivity index (χ1n) is 5.47. The molecule has 0 aliphatic carbocycles. The minimum atomic E-state index is -0.570. The number of rotatable bonds is 3. The quantitative estimate of drug-likeness (QED) is 0.632. The molecule has 1 aromatic rings. The summed E-state index contributed by atoms with van der Waals surface area (Å²) in [4.78, 5) is 9.94. The molecule has 0 atom stereocenters. The van der Waals surface area contributed by atoms with Gasteiger partial charge in [-0.2, -0.15) is 0 Å². The topological polar surface area (TPSA) is 63.4 Å². The third-order valence-corrected chi connectivity index (χ3v) is 1.88. The summed E-state index contributed by atoms with van der Waals surface area (Å²) in [6, 6.07) is 4.51. The van der Waals surface area contributed by atoms with Crippen molar-refractivity contribution in [2.75, 3.05) is 0 Å². The molecule has 0 aliphatic heterocycles. The molecule has 4 nitrogen and oxygen atoms in total. The number of hydrogen-bond donors (Lipinski definition) is 1. The molecule has 0 amide bonds. The first kappa shape index (κ1) is 14.4. The number of nitrogens with zero attached hydrogens (tertiary/aromatic N) is 1. The van der Waals surface area contributed by atoms with Gasteiger partial charge in [0.25, 0.3) is 0 Å². The summed E-state index contributed by atoms with van der Waals surface area (Å²) >= 11 is 0. The number of nitro groups is 1. The molecular weight excluding hydrogens is 206 g/mol. The SMILES string of the molecule is CC.CC(C)Cc1ccc(O)c([N+](=O)[O-])c1. The van der Waals surface area contributed by atoms with Gasteiger partial charge >= 0.3 is 5.69 Å². The number of benzene rings is 1. The molecule has 0 spiro atoms. The summed E-state index contributed by atoms with van der Waals surface area (Å²) in [5.74, 6) is 0.168. The van der Waals surface area contributed by atoms with Gasteiger partial charge in [-0.05, 0) is 24.0 Å². The van der Waals surface area contributed by atoms with Crippen LogP contribution in [0.2, 0.25) is 0 Å². The molecule has 1 rings (SSSR count). The average molecular weight is 225 g/mol. The average Bonchev–Trinajstić information content (AvgIpc) is 2.23. The molecule has 0 bridgehead atoms. The van der Waals surface area contributed by atoms with Crippen molar-refractivity contribution in [2.45, 2.75) is 34.1 Å². The summed E-state index contributed by atoms with van der Waals surface area (Å²) in [5, 5.41) is 19.7. The Hall–Kier alpha value is -1.58. The maximum Gasteiger partial charge on any atom is 0.310 e. The molecule has 0 aromatic heterocycles. The van der Waals surface area contributed by atoms with Crippen molar-refractivity contribution in [1.29, 1.82) is 0 Å². The molecule has 16 heavy (non-hydrogen) atoms. The van der Waals surface area contributed by atoms with Crippen molar-refractivity contribution in [1.82, 2.24) is 0 Å². The van der Waals surface area contributed by atoms with E-state index in [2.05, 4.69) is 0 Å². The Kier molecular flexibility index (Phi) is 6.15. The van der Waals surface area contributed by atoms with Crippen molar-refractivity contribution < 1.29 is 10.0 Å². The summed E-state index contributed by atoms with van der Waals surface area (Å²) in [6.07, 6.45) is 0.779. The third-order valence-electron chi connectivity index (χ3n) is 1.88. The molecule has 90 valence electrons. The van der Waals surface area contributed by atoms with E-state index in [1.807, 2.05) is 27.7 Å². The maximum atomic E-state index is 10.5. The molecule has 0 fully saturated rings. The molecule has 4 heteroatoms. The van der Waals surface area contributed by atoms with Gasteiger partial charge in [-0.3, -0.25) is 10.1 Å². The molecule has 0 radical (unpaired) electrons. The molecular formula is C12H19NO3. The van der Waals surface area contributed by atoms with E-state index in [0.717, 1.165) is 12.0 Å². The Labute approximate surface area is 96.1 Å². The third kappa shape index (κ3) is 4.29. The first-order valence-corrected chi connectivity index (χ1v) is 5.47. The number of aromatic hydroxyl groups is 1. The summed E-state index contributed by atoms with van der Waals surface area (Å²) < 4.78 is 0. The van der Waals surface area contributed by atoms with Crippen LogP contribution in [0, 0.1) is 16.0 Å². The second-order valence-corrected chi connectivity index (χ2v) is 3.68. The minimum absolute atomic E-state index is 0.219. The van der Waals surface area contributed by atoms with Crippen molar-refractivity contribution in [3.05, 3.63) is 33.9 Å². The lowest BCUT2D eigenvalue weighted by Gasteiger charge is -2.04. The lowest BCUT2D eigenvalue weighted by Crippen LogP contribution is -1.96. The highest BCUT2D eigenvalue weighted by Gasteiger charge is 2.13. The lowest BCUT2D eigenvalue weighted by atomic mass is 10.0. The molecule has 0 aliphatic rings. The summed E-state index contributed by atoms with van der Waals surface area (Å²) in [6.45, 7) is 8.08. The van der Waals surface area contributed by atoms with Gasteiger partial charge in [0, 0.05) is 6.07 Å². The number of nitro benzene ring substituents is 1. The Balaban J connectivity index is 0.00000106. The Morgan fingerprint density at radius 1 is 1.38 bits per heavy atom. The van der Waals surface area contributed by atoms with Crippen LogP contribution in [0.1, 0.15) is 33.3 Å². The van der Waals surface area contributed by atoms with Crippen LogP contribution in [-0.4, -0.2) is 10.0 Å². The predicted molar refractivity (Wildman–Crippen MR) is 64.7 cm³/mol. The van der Waals surface area contributed by atoms with Gasteiger partial charge < -0.3 is 5.11 Å². The van der Waals surface area contributed by atoms with Gasteiger partial charge in [0.05, 0.1) is 4.92 Å². The van der Waals surface area contributed by atoms with Crippen molar-refractivity contribution in [2.24, 2.45) is 5.92 Å². The number of phenols is 1. The second kappa shape index (κ2) is 6.82. The Morgan fingerprint density at radius 3 is 2.38 bits per heavy atom. The Morgan fingerprint density at radius 2 is 1.94 bits per heavy atom. The van der Waals surface area contributed by atoms with Crippen LogP contribution in [0.15, 0.2) is 18.2 Å².